The number of hydrogen-bond donors (Lipinski definition) is 2. The van der Waals surface area contributed by atoms with E-state index in [0.29, 0.717) is 0 Å². The number of benzene rings is 8. The minimum absolute atomic E-state index is 0.134. The Labute approximate surface area is 505 Å². The number of aromatic amines is 2. The van der Waals surface area contributed by atoms with E-state index in [0.717, 1.165) is 48.6 Å². The van der Waals surface area contributed by atoms with Gasteiger partial charge in [-0.1, -0.05) is 48.5 Å². The minimum atomic E-state index is -1.95. The molecule has 0 saturated carbocycles. The van der Waals surface area contributed by atoms with Crippen LogP contribution in [-0.2, 0) is 0 Å². The molecule has 8 aromatic carbocycles. The van der Waals surface area contributed by atoms with E-state index >= 15 is 52.7 Å². The molecule has 3 aromatic heterocycles. The van der Waals surface area contributed by atoms with Crippen LogP contribution in [0, 0.1) is 69.8 Å². The number of nitrogens with one attached hydrogen (secondary N) is 2. The Hall–Kier alpha value is -12.1. The van der Waals surface area contributed by atoms with Gasteiger partial charge in [-0.3, -0.25) is 0 Å². The van der Waals surface area contributed by atoms with Crippen molar-refractivity contribution in [2.75, 3.05) is 0 Å². The van der Waals surface area contributed by atoms with E-state index in [9.17, 15) is 0 Å². The van der Waals surface area contributed by atoms with Gasteiger partial charge in [0.1, 0.15) is 0 Å². The molecule has 0 radical (unpaired) electrons. The average molecular weight is 1250 g/mol. The van der Waals surface area contributed by atoms with Gasteiger partial charge in [-0.05, 0) is 97.1 Å². The van der Waals surface area contributed by atoms with Gasteiger partial charge in [-0.15, -0.1) is 0 Å². The van der Waals surface area contributed by atoms with Crippen molar-refractivity contribution in [3.63, 3.8) is 0 Å². The van der Waals surface area contributed by atoms with Crippen molar-refractivity contribution < 1.29 is 90.6 Å². The summed E-state index contributed by atoms with van der Waals surface area (Å²) in [5.41, 5.74) is -12.4. The molecule has 0 fully saturated rings. The van der Waals surface area contributed by atoms with Crippen LogP contribution in [0.2, 0.25) is 0 Å². The largest absolute Gasteiger partial charge is 0.446 e. The van der Waals surface area contributed by atoms with Gasteiger partial charge >= 0.3 is 0 Å². The van der Waals surface area contributed by atoms with Crippen molar-refractivity contribution in [1.29, 1.82) is 0 Å². The van der Waals surface area contributed by atoms with E-state index < -0.39 is 205 Å². The monoisotopic (exact) mass is 1250 g/mol. The van der Waals surface area contributed by atoms with Crippen LogP contribution in [0.15, 0.2) is 121 Å². The number of H-pyrrole nitrogens is 2. The summed E-state index contributed by atoms with van der Waals surface area (Å²) in [4.78, 5) is 14.9. The summed E-state index contributed by atoms with van der Waals surface area (Å²) in [7, 11) is 0. The molecule has 8 bridgehead atoms. The van der Waals surface area contributed by atoms with Crippen LogP contribution in [0.25, 0.3) is 90.9 Å². The van der Waals surface area contributed by atoms with Crippen LogP contribution in [0.5, 0.6) is 92.0 Å². The molecule has 11 aromatic rings. The molecule has 0 unspecified atom stereocenters. The zero-order valence-corrected chi connectivity index (χ0v) is 45.6. The number of nitrogens with zero attached hydrogens (tertiary/aromatic N) is 2. The quantitative estimate of drug-likeness (QED) is 0.130. The molecule has 0 spiro atoms. The number of para-hydroxylation sites is 8. The highest BCUT2D eigenvalue weighted by Crippen LogP contribution is 2.57. The van der Waals surface area contributed by atoms with Gasteiger partial charge in [0.25, 0.3) is 0 Å². The first-order valence-electron chi connectivity index (χ1n) is 27.4. The smallest absolute Gasteiger partial charge is 0.211 e. The molecule has 0 saturated heterocycles. The van der Waals surface area contributed by atoms with E-state index in [1.807, 2.05) is 0 Å². The van der Waals surface area contributed by atoms with Crippen LogP contribution in [0.1, 0.15) is 22.8 Å². The van der Waals surface area contributed by atoms with E-state index in [-0.39, 0.29) is 46.0 Å². The van der Waals surface area contributed by atoms with E-state index in [2.05, 4.69) is 19.9 Å². The summed E-state index contributed by atoms with van der Waals surface area (Å²) >= 11 is 0. The molecule has 450 valence electrons. The maximum atomic E-state index is 17.8. The number of rotatable bonds is 4. The van der Waals surface area contributed by atoms with Crippen LogP contribution in [0.3, 0.4) is 0 Å². The highest BCUT2D eigenvalue weighted by molar-refractivity contribution is 6.01. The molecule has 24 heteroatoms. The van der Waals surface area contributed by atoms with Gasteiger partial charge in [0.15, 0.2) is 92.5 Å². The molecular weight excluding hydrogens is 1230 g/mol. The second-order valence-corrected chi connectivity index (χ2v) is 21.0. The second-order valence-electron chi connectivity index (χ2n) is 21.0. The van der Waals surface area contributed by atoms with Gasteiger partial charge in [-0.25, -0.2) is 45.1 Å². The van der Waals surface area contributed by atoms with E-state index in [1.54, 1.807) is 0 Å². The summed E-state index contributed by atoms with van der Waals surface area (Å²) in [6, 6.07) is 26.7. The maximum absolute atomic E-state index is 17.8. The Morgan fingerprint density at radius 3 is 0.565 bits per heavy atom. The highest BCUT2D eigenvalue weighted by Gasteiger charge is 2.40. The van der Waals surface area contributed by atoms with Gasteiger partial charge in [-0.2, -0.15) is 17.6 Å². The molecule has 2 N–H and O–H groups in total. The minimum Gasteiger partial charge on any atom is -0.446 e. The number of ether oxygens (including phenoxy) is 8. The summed E-state index contributed by atoms with van der Waals surface area (Å²) < 4.78 is 254. The summed E-state index contributed by atoms with van der Waals surface area (Å²) in [5, 5.41) is 0. The van der Waals surface area contributed by atoms with Crippen molar-refractivity contribution in [2.45, 2.75) is 0 Å². The Morgan fingerprint density at radius 2 is 0.380 bits per heavy atom. The first kappa shape index (κ1) is 54.1. The predicted octanol–water partition coefficient (Wildman–Crippen LogP) is 20.6. The first-order chi connectivity index (χ1) is 44.6. The molecule has 0 amide bonds. The van der Waals surface area contributed by atoms with Gasteiger partial charge in [0, 0.05) is 44.3 Å². The fraction of sp³-hybridized carbons (Fsp3) is 0. The highest BCUT2D eigenvalue weighted by atomic mass is 19.2. The van der Waals surface area contributed by atoms with Crippen molar-refractivity contribution >= 4 is 46.4 Å². The predicted molar refractivity (Wildman–Crippen MR) is 306 cm³/mol. The lowest BCUT2D eigenvalue weighted by Crippen LogP contribution is -2.08. The van der Waals surface area contributed by atoms with Crippen molar-refractivity contribution in [3.8, 4) is 136 Å². The molecule has 0 aliphatic carbocycles. The molecule has 12 nitrogen and oxygen atoms in total. The molecule has 17 rings (SSSR count). The number of fused-ring (bicyclic) bond motifs is 16. The molecule has 9 heterocycles. The zero-order valence-electron chi connectivity index (χ0n) is 45.6. The Balaban J connectivity index is 1.02. The first-order valence-corrected chi connectivity index (χ1v) is 27.4. The van der Waals surface area contributed by atoms with Crippen LogP contribution in [0.4, 0.5) is 52.7 Å². The fourth-order valence-electron chi connectivity index (χ4n) is 11.7. The summed E-state index contributed by atoms with van der Waals surface area (Å²) in [6.45, 7) is 0. The molecule has 0 atom stereocenters. The lowest BCUT2D eigenvalue weighted by molar-refractivity contribution is 0.318. The standard InChI is InChI=1S/C68H26F12N4O8/c69-49-45(53(73)61-65(57(49)77)89-37-13-5-1-9-33(37)85-61)41-25-17-19-27(81-25)42(46-50(70)58(78)66-62(54(46)74)86-34-10-2-6-14-38(34)90-66)29-21-23-31(83-29)44(48-52(72)60(80)68-64(56(48)76)88-36-12-4-8-16-40(36)92-68)32-24-22-30(84-32)43(28-20-18-26(41)82-28)47-51(71)59(79)67-63(55(47)75)87-35-11-3-7-15-39(35)91-67/h1-24,81,84H. The summed E-state index contributed by atoms with van der Waals surface area (Å²) in [5.74, 6) is -30.8. The lowest BCUT2D eigenvalue weighted by Gasteiger charge is -2.23. The van der Waals surface area contributed by atoms with Crippen molar-refractivity contribution in [3.05, 3.63) is 214 Å². The van der Waals surface area contributed by atoms with Gasteiger partial charge in [0.2, 0.25) is 69.3 Å². The second kappa shape index (κ2) is 19.7. The van der Waals surface area contributed by atoms with Crippen molar-refractivity contribution in [2.24, 2.45) is 0 Å². The van der Waals surface area contributed by atoms with Crippen molar-refractivity contribution in [1.82, 2.24) is 19.9 Å². The normalized spacial score (nSPS) is 13.2. The van der Waals surface area contributed by atoms with Crippen LogP contribution < -0.4 is 37.9 Å². The fourth-order valence-corrected chi connectivity index (χ4v) is 11.7. The Bertz CT molecular complexity index is 4840. The molecule has 92 heavy (non-hydrogen) atoms. The summed E-state index contributed by atoms with van der Waals surface area (Å²) in [6.07, 6.45) is 4.16. The molecular formula is C68H26F12N4O8. The SMILES string of the molecule is Fc1c(F)c(-c2c3nc(c(-c4c(F)c(F)c5c(c4F)Oc4ccccc4O5)c4ccc([nH]4)c(-c4c(F)c(F)c5c(c4F)Oc4ccccc4O5)c4nc(c(-c5c(F)c(F)c6c(c5F)Oc5ccccc5O6)c5ccc2[nH]5)C=C4)C=C3)c(F)c2c1Oc1ccccc1O2. The molecule has 6 aliphatic rings. The number of aromatic nitrogens is 4. The zero-order chi connectivity index (χ0) is 62.9. The topological polar surface area (TPSA) is 131 Å². The Morgan fingerprint density at radius 1 is 0.207 bits per heavy atom. The third kappa shape index (κ3) is 7.75. The number of hydrogen-bond acceptors (Lipinski definition) is 10. The van der Waals surface area contributed by atoms with Gasteiger partial charge < -0.3 is 47.9 Å². The maximum Gasteiger partial charge on any atom is 0.211 e. The molecule has 6 aliphatic heterocycles. The van der Waals surface area contributed by atoms with E-state index in [1.165, 1.54) is 97.1 Å². The Kier molecular flexibility index (Phi) is 11.6. The van der Waals surface area contributed by atoms with Crippen LogP contribution >= 0.6 is 0 Å². The van der Waals surface area contributed by atoms with Gasteiger partial charge in [0.05, 0.1) is 45.0 Å². The number of halogens is 12. The lowest BCUT2D eigenvalue weighted by atomic mass is 10.0. The van der Waals surface area contributed by atoms with E-state index in [4.69, 9.17) is 37.9 Å². The van der Waals surface area contributed by atoms with Crippen LogP contribution in [-0.4, -0.2) is 19.9 Å². The average Bonchev–Trinajstić information content (AvgIpc) is 1.35. The third-order valence-corrected chi connectivity index (χ3v) is 15.8. The third-order valence-electron chi connectivity index (χ3n) is 15.8.